The lowest BCUT2D eigenvalue weighted by molar-refractivity contribution is -0.122. The molecule has 41 heavy (non-hydrogen) atoms. The molecule has 3 aromatic heterocycles. The van der Waals surface area contributed by atoms with E-state index in [-0.39, 0.29) is 29.1 Å². The zero-order valence-corrected chi connectivity index (χ0v) is 24.9. The Labute approximate surface area is 238 Å². The van der Waals surface area contributed by atoms with E-state index in [4.69, 9.17) is 4.42 Å². The quantitative estimate of drug-likeness (QED) is 0.366. The van der Waals surface area contributed by atoms with Gasteiger partial charge in [0, 0.05) is 11.6 Å². The van der Waals surface area contributed by atoms with Crippen molar-refractivity contribution in [1.29, 1.82) is 0 Å². The molecule has 3 heterocycles. The lowest BCUT2D eigenvalue weighted by atomic mass is 9.89. The lowest BCUT2D eigenvalue weighted by Gasteiger charge is -2.25. The van der Waals surface area contributed by atoms with Crippen LogP contribution in [-0.4, -0.2) is 55.7 Å². The van der Waals surface area contributed by atoms with Gasteiger partial charge in [0.15, 0.2) is 0 Å². The molecule has 0 unspecified atom stereocenters. The fourth-order valence-corrected chi connectivity index (χ4v) is 4.13. The largest absolute Gasteiger partial charge is 0.453 e. The summed E-state index contributed by atoms with van der Waals surface area (Å²) in [7, 11) is 1.17. The van der Waals surface area contributed by atoms with Crippen LogP contribution in [0.25, 0.3) is 0 Å². The van der Waals surface area contributed by atoms with Crippen LogP contribution in [0.5, 0.6) is 0 Å². The summed E-state index contributed by atoms with van der Waals surface area (Å²) in [4.78, 5) is 60.8. The van der Waals surface area contributed by atoms with Crippen LogP contribution in [-0.2, 0) is 26.9 Å². The zero-order chi connectivity index (χ0) is 30.7. The number of ketones is 1. The van der Waals surface area contributed by atoms with Gasteiger partial charge in [-0.3, -0.25) is 29.3 Å². The highest BCUT2D eigenvalue weighted by Crippen LogP contribution is 2.29. The molecule has 2 amide bonds. The zero-order valence-electron chi connectivity index (χ0n) is 24.9. The normalized spacial score (nSPS) is 12.6. The maximum Gasteiger partial charge on any atom is 0.411 e. The molecule has 3 aromatic rings. The number of carbonyl (C=O) groups is 3. The lowest BCUT2D eigenvalue weighted by Crippen LogP contribution is -2.47. The third kappa shape index (κ3) is 6.84. The number of ether oxygens (including phenoxy) is 1. The summed E-state index contributed by atoms with van der Waals surface area (Å²) in [5.74, 6) is -1.26. The first-order valence-corrected chi connectivity index (χ1v) is 13.1. The Hall–Kier alpha value is -4.42. The van der Waals surface area contributed by atoms with E-state index < -0.39 is 46.8 Å². The summed E-state index contributed by atoms with van der Waals surface area (Å²) < 4.78 is 11.6. The molecule has 0 saturated heterocycles. The monoisotopic (exact) mass is 567 g/mol. The minimum absolute atomic E-state index is 0.108. The molecule has 0 aliphatic rings. The predicted octanol–water partition coefficient (Wildman–Crippen LogP) is 3.16. The number of aryl methyl sites for hydroxylation is 1. The van der Waals surface area contributed by atoms with Gasteiger partial charge in [0.2, 0.25) is 17.6 Å². The number of carbonyl (C=O) groups excluding carboxylic acids is 3. The highest BCUT2D eigenvalue weighted by Gasteiger charge is 2.35. The third-order valence-corrected chi connectivity index (χ3v) is 6.48. The van der Waals surface area contributed by atoms with Gasteiger partial charge in [-0.1, -0.05) is 40.7 Å². The van der Waals surface area contributed by atoms with Crippen LogP contribution in [0.3, 0.4) is 0 Å². The van der Waals surface area contributed by atoms with Crippen LogP contribution in [0, 0.1) is 12.8 Å². The molecule has 0 aliphatic heterocycles. The molecule has 0 radical (unpaired) electrons. The first-order chi connectivity index (χ1) is 19.1. The Morgan fingerprint density at radius 1 is 1.10 bits per heavy atom. The molecule has 0 fully saturated rings. The van der Waals surface area contributed by atoms with E-state index in [0.717, 1.165) is 0 Å². The first-order valence-electron chi connectivity index (χ1n) is 13.1. The Bertz CT molecular complexity index is 1490. The van der Waals surface area contributed by atoms with Crippen molar-refractivity contribution in [2.75, 3.05) is 12.4 Å². The standard InChI is InChI=1S/C28H37N7O6/c1-15(2)19(21(37)22-33-34-25(41-22)28(7,8)17-12-10-11-13-29-17)31-18(36)14-35-23(38)20(32-26(39)40-9)16(3)30-24(35)27(4,5)6/h10-13,15,19H,14H2,1-9H3,(H,31,36)(H,32,39)/t19-/m0/s1. The smallest absolute Gasteiger partial charge is 0.411 e. The van der Waals surface area contributed by atoms with Crippen molar-refractivity contribution in [1.82, 2.24) is 30.0 Å². The van der Waals surface area contributed by atoms with Crippen LogP contribution in [0.1, 0.15) is 82.3 Å². The number of rotatable bonds is 9. The molecule has 3 rings (SSSR count). The van der Waals surface area contributed by atoms with E-state index in [1.807, 2.05) is 46.8 Å². The number of methoxy groups -OCH3 is 1. The molecule has 1 atom stereocenters. The van der Waals surface area contributed by atoms with Crippen molar-refractivity contribution >= 4 is 23.5 Å². The van der Waals surface area contributed by atoms with E-state index in [0.29, 0.717) is 11.5 Å². The summed E-state index contributed by atoms with van der Waals surface area (Å²) >= 11 is 0. The van der Waals surface area contributed by atoms with E-state index in [2.05, 4.69) is 35.5 Å². The van der Waals surface area contributed by atoms with Gasteiger partial charge in [-0.05, 0) is 38.8 Å². The predicted molar refractivity (Wildman–Crippen MR) is 150 cm³/mol. The number of hydrogen-bond donors (Lipinski definition) is 2. The summed E-state index contributed by atoms with van der Waals surface area (Å²) in [6.45, 7) is 13.9. The Morgan fingerprint density at radius 2 is 1.78 bits per heavy atom. The van der Waals surface area contributed by atoms with Gasteiger partial charge in [0.1, 0.15) is 18.1 Å². The van der Waals surface area contributed by atoms with Gasteiger partial charge < -0.3 is 14.5 Å². The number of nitrogens with one attached hydrogen (secondary N) is 2. The van der Waals surface area contributed by atoms with Crippen molar-refractivity contribution < 1.29 is 23.5 Å². The van der Waals surface area contributed by atoms with Crippen LogP contribution in [0.15, 0.2) is 33.6 Å². The van der Waals surface area contributed by atoms with Gasteiger partial charge in [0.25, 0.3) is 11.4 Å². The van der Waals surface area contributed by atoms with Gasteiger partial charge in [-0.15, -0.1) is 10.2 Å². The molecule has 0 spiro atoms. The van der Waals surface area contributed by atoms with E-state index >= 15 is 0 Å². The van der Waals surface area contributed by atoms with Crippen LogP contribution >= 0.6 is 0 Å². The average Bonchev–Trinajstić information content (AvgIpc) is 3.41. The summed E-state index contributed by atoms with van der Waals surface area (Å²) in [5, 5.41) is 13.1. The third-order valence-electron chi connectivity index (χ3n) is 6.48. The molecular formula is C28H37N7O6. The molecule has 220 valence electrons. The van der Waals surface area contributed by atoms with Crippen molar-refractivity contribution in [2.45, 2.75) is 78.8 Å². The van der Waals surface area contributed by atoms with Crippen molar-refractivity contribution in [3.63, 3.8) is 0 Å². The molecule has 0 aliphatic carbocycles. The van der Waals surface area contributed by atoms with Crippen molar-refractivity contribution in [2.24, 2.45) is 5.92 Å². The topological polar surface area (TPSA) is 171 Å². The highest BCUT2D eigenvalue weighted by molar-refractivity contribution is 5.98. The second-order valence-corrected chi connectivity index (χ2v) is 11.6. The molecule has 0 aromatic carbocycles. The SMILES string of the molecule is COC(=O)Nc1c(C)nc(C(C)(C)C)n(CC(=O)N[C@H](C(=O)c2nnc(C(C)(C)c3ccccn3)o2)C(C)C)c1=O. The summed E-state index contributed by atoms with van der Waals surface area (Å²) in [6, 6.07) is 4.43. The Morgan fingerprint density at radius 3 is 2.34 bits per heavy atom. The van der Waals surface area contributed by atoms with Gasteiger partial charge in [0.05, 0.1) is 30.0 Å². The van der Waals surface area contributed by atoms with Crippen LogP contribution in [0.4, 0.5) is 10.5 Å². The number of amides is 2. The molecular weight excluding hydrogens is 530 g/mol. The van der Waals surface area contributed by atoms with Crippen molar-refractivity contribution in [3.05, 3.63) is 63.7 Å². The maximum atomic E-state index is 13.4. The Balaban J connectivity index is 1.90. The highest BCUT2D eigenvalue weighted by atomic mass is 16.5. The Kier molecular flexibility index (Phi) is 9.09. The van der Waals surface area contributed by atoms with Crippen molar-refractivity contribution in [3.8, 4) is 0 Å². The first kappa shape index (κ1) is 31.1. The number of pyridine rings is 1. The number of Topliss-reactive ketones (excluding diaryl/α,β-unsaturated/α-hetero) is 1. The molecule has 0 bridgehead atoms. The maximum absolute atomic E-state index is 13.4. The minimum atomic E-state index is -1.02. The van der Waals surface area contributed by atoms with Crippen LogP contribution in [0.2, 0.25) is 0 Å². The number of hydrogen-bond acceptors (Lipinski definition) is 10. The summed E-state index contributed by atoms with van der Waals surface area (Å²) in [5.41, 5.74) is -1.16. The second-order valence-electron chi connectivity index (χ2n) is 11.6. The number of nitrogens with zero attached hydrogens (tertiary/aromatic N) is 5. The molecule has 13 heteroatoms. The minimum Gasteiger partial charge on any atom is -0.453 e. The van der Waals surface area contributed by atoms with E-state index in [9.17, 15) is 19.2 Å². The van der Waals surface area contributed by atoms with E-state index in [1.165, 1.54) is 11.7 Å². The number of anilines is 1. The molecule has 13 nitrogen and oxygen atoms in total. The second kappa shape index (κ2) is 12.0. The van der Waals surface area contributed by atoms with E-state index in [1.54, 1.807) is 33.0 Å². The van der Waals surface area contributed by atoms with Gasteiger partial charge in [-0.2, -0.15) is 0 Å². The fourth-order valence-electron chi connectivity index (χ4n) is 4.13. The summed E-state index contributed by atoms with van der Waals surface area (Å²) in [6.07, 6.45) is 0.806. The fraction of sp³-hybridized carbons (Fsp3) is 0.500. The molecule has 0 saturated carbocycles. The van der Waals surface area contributed by atoms with Crippen LogP contribution < -0.4 is 16.2 Å². The van der Waals surface area contributed by atoms with Gasteiger partial charge >= 0.3 is 6.09 Å². The average molecular weight is 568 g/mol. The van der Waals surface area contributed by atoms with Gasteiger partial charge in [-0.25, -0.2) is 9.78 Å². The number of aromatic nitrogens is 5. The molecule has 2 N–H and O–H groups in total.